The van der Waals surface area contributed by atoms with E-state index in [9.17, 15) is 4.79 Å². The molecule has 9 heteroatoms. The van der Waals surface area contributed by atoms with Crippen LogP contribution in [-0.4, -0.2) is 36.2 Å². The lowest BCUT2D eigenvalue weighted by Gasteiger charge is -2.07. The van der Waals surface area contributed by atoms with Gasteiger partial charge in [-0.15, -0.1) is 10.2 Å². The topological polar surface area (TPSA) is 90.8 Å². The lowest BCUT2D eigenvalue weighted by Crippen LogP contribution is -2.15. The second-order valence-corrected chi connectivity index (χ2v) is 7.92. The summed E-state index contributed by atoms with van der Waals surface area (Å²) in [6.45, 7) is 5.88. The van der Waals surface area contributed by atoms with Crippen molar-refractivity contribution >= 4 is 23.4 Å². The number of anilines is 1. The van der Waals surface area contributed by atoms with Crippen LogP contribution in [0.15, 0.2) is 52.2 Å². The largest absolute Gasteiger partial charge is 0.461 e. The van der Waals surface area contributed by atoms with Gasteiger partial charge in [0.25, 0.3) is 0 Å². The Labute approximate surface area is 178 Å². The SMILES string of the molecule is Cc1ccc(-n2nc(C)c(NC(=O)CSc3nnc(-c4ccco4)n3C)c2C)cc1. The molecule has 0 radical (unpaired) electrons. The Morgan fingerprint density at radius 2 is 1.90 bits per heavy atom. The van der Waals surface area contributed by atoms with E-state index >= 15 is 0 Å². The van der Waals surface area contributed by atoms with E-state index in [2.05, 4.69) is 20.6 Å². The highest BCUT2D eigenvalue weighted by Crippen LogP contribution is 2.25. The van der Waals surface area contributed by atoms with Gasteiger partial charge < -0.3 is 14.3 Å². The number of hydrogen-bond acceptors (Lipinski definition) is 6. The number of nitrogens with one attached hydrogen (secondary N) is 1. The number of carbonyl (C=O) groups excluding carboxylic acids is 1. The van der Waals surface area contributed by atoms with Crippen molar-refractivity contribution in [3.05, 3.63) is 59.6 Å². The Hall–Kier alpha value is -3.33. The number of carbonyl (C=O) groups is 1. The summed E-state index contributed by atoms with van der Waals surface area (Å²) in [5.41, 5.74) is 4.53. The second-order valence-electron chi connectivity index (χ2n) is 6.97. The fourth-order valence-corrected chi connectivity index (χ4v) is 3.84. The molecule has 0 aliphatic heterocycles. The van der Waals surface area contributed by atoms with Gasteiger partial charge in [-0.3, -0.25) is 4.79 Å². The Balaban J connectivity index is 1.44. The maximum atomic E-state index is 12.6. The molecule has 0 spiro atoms. The zero-order valence-corrected chi connectivity index (χ0v) is 18.0. The van der Waals surface area contributed by atoms with Crippen molar-refractivity contribution in [1.82, 2.24) is 24.5 Å². The average Bonchev–Trinajstić information content (AvgIpc) is 3.44. The number of aryl methyl sites for hydroxylation is 2. The predicted molar refractivity (Wildman–Crippen MR) is 116 cm³/mol. The molecule has 0 saturated heterocycles. The van der Waals surface area contributed by atoms with Gasteiger partial charge in [-0.05, 0) is 45.0 Å². The van der Waals surface area contributed by atoms with Crippen LogP contribution in [0, 0.1) is 20.8 Å². The van der Waals surface area contributed by atoms with Crippen LogP contribution in [0.2, 0.25) is 0 Å². The molecular formula is C21H22N6O2S. The number of nitrogens with zero attached hydrogens (tertiary/aromatic N) is 5. The molecule has 0 aliphatic carbocycles. The first kappa shape index (κ1) is 20.0. The third-order valence-corrected chi connectivity index (χ3v) is 5.76. The van der Waals surface area contributed by atoms with E-state index < -0.39 is 0 Å². The number of furan rings is 1. The van der Waals surface area contributed by atoms with Crippen molar-refractivity contribution in [3.63, 3.8) is 0 Å². The van der Waals surface area contributed by atoms with Gasteiger partial charge in [0.05, 0.1) is 34.8 Å². The first-order valence-electron chi connectivity index (χ1n) is 9.43. The smallest absolute Gasteiger partial charge is 0.234 e. The van der Waals surface area contributed by atoms with Crippen molar-refractivity contribution in [3.8, 4) is 17.3 Å². The number of benzene rings is 1. The van der Waals surface area contributed by atoms with Crippen molar-refractivity contribution in [2.75, 3.05) is 11.1 Å². The molecule has 154 valence electrons. The summed E-state index contributed by atoms with van der Waals surface area (Å²) in [6.07, 6.45) is 1.59. The van der Waals surface area contributed by atoms with Crippen molar-refractivity contribution < 1.29 is 9.21 Å². The second kappa shape index (κ2) is 8.19. The van der Waals surface area contributed by atoms with Crippen LogP contribution in [0.4, 0.5) is 5.69 Å². The van der Waals surface area contributed by atoms with E-state index in [4.69, 9.17) is 4.42 Å². The Morgan fingerprint density at radius 1 is 1.13 bits per heavy atom. The van der Waals surface area contributed by atoms with E-state index in [0.717, 1.165) is 22.8 Å². The quantitative estimate of drug-likeness (QED) is 0.474. The number of rotatable bonds is 6. The molecular weight excluding hydrogens is 400 g/mol. The van der Waals surface area contributed by atoms with Crippen LogP contribution >= 0.6 is 11.8 Å². The van der Waals surface area contributed by atoms with Crippen LogP contribution in [0.5, 0.6) is 0 Å². The maximum absolute atomic E-state index is 12.6. The lowest BCUT2D eigenvalue weighted by atomic mass is 10.2. The molecule has 4 aromatic rings. The molecule has 3 heterocycles. The van der Waals surface area contributed by atoms with Gasteiger partial charge in [-0.25, -0.2) is 4.68 Å². The number of aromatic nitrogens is 5. The monoisotopic (exact) mass is 422 g/mol. The van der Waals surface area contributed by atoms with Crippen LogP contribution in [-0.2, 0) is 11.8 Å². The molecule has 1 aromatic carbocycles. The van der Waals surface area contributed by atoms with Gasteiger partial charge in [0, 0.05) is 7.05 Å². The molecule has 3 aromatic heterocycles. The van der Waals surface area contributed by atoms with Gasteiger partial charge in [-0.1, -0.05) is 29.5 Å². The van der Waals surface area contributed by atoms with Crippen LogP contribution in [0.25, 0.3) is 17.3 Å². The highest BCUT2D eigenvalue weighted by molar-refractivity contribution is 7.99. The molecule has 1 N–H and O–H groups in total. The third kappa shape index (κ3) is 3.88. The minimum absolute atomic E-state index is 0.128. The molecule has 8 nitrogen and oxygen atoms in total. The third-order valence-electron chi connectivity index (χ3n) is 4.74. The first-order valence-corrected chi connectivity index (χ1v) is 10.4. The Kier molecular flexibility index (Phi) is 5.45. The maximum Gasteiger partial charge on any atom is 0.234 e. The number of thioether (sulfide) groups is 1. The average molecular weight is 423 g/mol. The summed E-state index contributed by atoms with van der Waals surface area (Å²) in [6, 6.07) is 11.7. The summed E-state index contributed by atoms with van der Waals surface area (Å²) in [7, 11) is 1.85. The van der Waals surface area contributed by atoms with E-state index in [-0.39, 0.29) is 11.7 Å². The summed E-state index contributed by atoms with van der Waals surface area (Å²) in [4.78, 5) is 12.6. The van der Waals surface area contributed by atoms with Gasteiger partial charge in [-0.2, -0.15) is 5.10 Å². The fraction of sp³-hybridized carbons (Fsp3) is 0.238. The Bertz CT molecular complexity index is 1180. The molecule has 0 unspecified atom stereocenters. The Morgan fingerprint density at radius 3 is 2.60 bits per heavy atom. The van der Waals surface area contributed by atoms with Crippen molar-refractivity contribution in [1.29, 1.82) is 0 Å². The molecule has 0 fully saturated rings. The molecule has 30 heavy (non-hydrogen) atoms. The summed E-state index contributed by atoms with van der Waals surface area (Å²) < 4.78 is 9.02. The van der Waals surface area contributed by atoms with Crippen LogP contribution in [0.1, 0.15) is 17.0 Å². The van der Waals surface area contributed by atoms with E-state index in [0.29, 0.717) is 16.7 Å². The predicted octanol–water partition coefficient (Wildman–Crippen LogP) is 3.92. The van der Waals surface area contributed by atoms with Gasteiger partial charge in [0.15, 0.2) is 16.7 Å². The minimum Gasteiger partial charge on any atom is -0.461 e. The number of amides is 1. The summed E-state index contributed by atoms with van der Waals surface area (Å²) >= 11 is 1.32. The fourth-order valence-electron chi connectivity index (χ4n) is 3.13. The summed E-state index contributed by atoms with van der Waals surface area (Å²) in [5, 5.41) is 16.5. The van der Waals surface area contributed by atoms with Gasteiger partial charge >= 0.3 is 0 Å². The number of hydrogen-bond donors (Lipinski definition) is 1. The standard InChI is InChI=1S/C21H22N6O2S/c1-13-7-9-16(10-8-13)27-15(3)19(14(2)25-27)22-18(28)12-30-21-24-23-20(26(21)4)17-6-5-11-29-17/h5-11H,12H2,1-4H3,(H,22,28). The van der Waals surface area contributed by atoms with Crippen LogP contribution in [0.3, 0.4) is 0 Å². The summed E-state index contributed by atoms with van der Waals surface area (Å²) in [5.74, 6) is 1.33. The molecule has 0 atom stereocenters. The van der Waals surface area contributed by atoms with Crippen LogP contribution < -0.4 is 5.32 Å². The molecule has 0 saturated carbocycles. The lowest BCUT2D eigenvalue weighted by molar-refractivity contribution is -0.113. The zero-order valence-electron chi connectivity index (χ0n) is 17.2. The normalized spacial score (nSPS) is 11.1. The highest BCUT2D eigenvalue weighted by atomic mass is 32.2. The first-order chi connectivity index (χ1) is 14.4. The van der Waals surface area contributed by atoms with Gasteiger partial charge in [0.1, 0.15) is 0 Å². The van der Waals surface area contributed by atoms with E-state index in [1.807, 2.05) is 67.4 Å². The van der Waals surface area contributed by atoms with E-state index in [1.54, 1.807) is 12.3 Å². The molecule has 0 bridgehead atoms. The molecule has 4 rings (SSSR count). The van der Waals surface area contributed by atoms with Gasteiger partial charge in [0.2, 0.25) is 5.91 Å². The minimum atomic E-state index is -0.128. The molecule has 0 aliphatic rings. The highest BCUT2D eigenvalue weighted by Gasteiger charge is 2.17. The molecule has 1 amide bonds. The van der Waals surface area contributed by atoms with Crippen molar-refractivity contribution in [2.24, 2.45) is 7.05 Å². The zero-order chi connectivity index (χ0) is 21.3. The van der Waals surface area contributed by atoms with Crippen molar-refractivity contribution in [2.45, 2.75) is 25.9 Å². The van der Waals surface area contributed by atoms with E-state index in [1.165, 1.54) is 17.3 Å².